The van der Waals surface area contributed by atoms with Gasteiger partial charge < -0.3 is 20.5 Å². The quantitative estimate of drug-likeness (QED) is 0.440. The monoisotopic (exact) mass is 460 g/mol. The molecule has 0 spiro atoms. The van der Waals surface area contributed by atoms with Crippen molar-refractivity contribution in [3.8, 4) is 5.75 Å². The van der Waals surface area contributed by atoms with E-state index in [1.807, 2.05) is 13.0 Å². The van der Waals surface area contributed by atoms with Crippen LogP contribution >= 0.6 is 11.6 Å². The van der Waals surface area contributed by atoms with Gasteiger partial charge in [0.25, 0.3) is 0 Å². The van der Waals surface area contributed by atoms with Crippen LogP contribution in [-0.2, 0) is 14.6 Å². The molecule has 0 saturated carbocycles. The lowest BCUT2D eigenvalue weighted by Crippen LogP contribution is -2.44. The van der Waals surface area contributed by atoms with E-state index in [4.69, 9.17) is 16.3 Å². The Morgan fingerprint density at radius 2 is 2.07 bits per heavy atom. The van der Waals surface area contributed by atoms with Crippen molar-refractivity contribution >= 4 is 33.2 Å². The highest BCUT2D eigenvalue weighted by atomic mass is 35.5. The van der Waals surface area contributed by atoms with Gasteiger partial charge in [0.05, 0.1) is 28.2 Å². The Labute approximate surface area is 180 Å². The minimum absolute atomic E-state index is 0.0856. The first kappa shape index (κ1) is 22.8. The van der Waals surface area contributed by atoms with Gasteiger partial charge in [-0.15, -0.1) is 0 Å². The fraction of sp³-hybridized carbons (Fsp3) is 0.550. The number of hydrogen-bond donors (Lipinski definition) is 3. The molecule has 2 amide bonds. The van der Waals surface area contributed by atoms with Crippen LogP contribution in [0.5, 0.6) is 5.75 Å². The van der Waals surface area contributed by atoms with Gasteiger partial charge >= 0.3 is 6.03 Å². The number of hydrogen-bond acceptors (Lipinski definition) is 5. The van der Waals surface area contributed by atoms with Crippen molar-refractivity contribution in [1.82, 2.24) is 5.32 Å². The van der Waals surface area contributed by atoms with E-state index in [2.05, 4.69) is 10.6 Å². The topological polar surface area (TPSA) is 105 Å². The molecule has 1 aromatic carbocycles. The number of carbonyl (C=O) groups excluding carboxylic acids is 1. The second-order valence-corrected chi connectivity index (χ2v) is 10.4. The maximum absolute atomic E-state index is 13.5. The summed E-state index contributed by atoms with van der Waals surface area (Å²) in [5, 5.41) is 15.8. The number of amides is 2. The Morgan fingerprint density at radius 3 is 2.67 bits per heavy atom. The summed E-state index contributed by atoms with van der Waals surface area (Å²) in [5.41, 5.74) is 0.957. The molecule has 1 aromatic rings. The minimum Gasteiger partial charge on any atom is -0.504 e. The van der Waals surface area contributed by atoms with E-state index in [9.17, 15) is 22.7 Å². The number of aromatic hydroxyl groups is 1. The molecule has 30 heavy (non-hydrogen) atoms. The number of phenolic OH excluding ortho intramolecular Hbond substituents is 1. The summed E-state index contributed by atoms with van der Waals surface area (Å²) >= 11 is 6.16. The zero-order chi connectivity index (χ0) is 21.9. The van der Waals surface area contributed by atoms with E-state index in [1.165, 1.54) is 12.1 Å². The molecule has 1 fully saturated rings. The first-order valence-corrected chi connectivity index (χ1v) is 11.7. The predicted molar refractivity (Wildman–Crippen MR) is 113 cm³/mol. The Hall–Kier alpha value is -1.84. The van der Waals surface area contributed by atoms with Crippen LogP contribution in [0.3, 0.4) is 0 Å². The smallest absolute Gasteiger partial charge is 0.319 e. The Morgan fingerprint density at radius 1 is 1.37 bits per heavy atom. The molecule has 1 aliphatic heterocycles. The normalized spacial score (nSPS) is 21.2. The fourth-order valence-electron chi connectivity index (χ4n) is 4.04. The van der Waals surface area contributed by atoms with E-state index in [0.29, 0.717) is 0 Å². The number of nitrogens with one attached hydrogen (secondary N) is 2. The second-order valence-electron chi connectivity index (χ2n) is 7.69. The summed E-state index contributed by atoms with van der Waals surface area (Å²) in [4.78, 5) is 11.9. The van der Waals surface area contributed by atoms with Crippen LogP contribution in [0, 0.1) is 0 Å². The van der Waals surface area contributed by atoms with Crippen LogP contribution in [0.15, 0.2) is 28.7 Å². The Balaban J connectivity index is 1.92. The molecular formula is C20H26ClFN2O5S. The average Bonchev–Trinajstić information content (AvgIpc) is 3.09. The highest BCUT2D eigenvalue weighted by Crippen LogP contribution is 2.45. The molecule has 0 bridgehead atoms. The van der Waals surface area contributed by atoms with Crippen LogP contribution < -0.4 is 10.6 Å². The summed E-state index contributed by atoms with van der Waals surface area (Å²) < 4.78 is 44.1. The van der Waals surface area contributed by atoms with Gasteiger partial charge in [0.2, 0.25) is 0 Å². The summed E-state index contributed by atoms with van der Waals surface area (Å²) in [6.07, 6.45) is 3.65. The van der Waals surface area contributed by atoms with Crippen molar-refractivity contribution in [2.45, 2.75) is 54.7 Å². The lowest BCUT2D eigenvalue weighted by molar-refractivity contribution is 0.0704. The molecule has 7 nitrogen and oxygen atoms in total. The molecule has 1 saturated heterocycles. The fourth-order valence-corrected chi connectivity index (χ4v) is 6.67. The van der Waals surface area contributed by atoms with Crippen molar-refractivity contribution in [3.05, 3.63) is 28.8 Å². The number of halogens is 2. The molecule has 1 atom stereocenters. The molecule has 166 valence electrons. The zero-order valence-electron chi connectivity index (χ0n) is 16.7. The number of rotatable bonds is 6. The van der Waals surface area contributed by atoms with Gasteiger partial charge in [-0.3, -0.25) is 4.39 Å². The minimum atomic E-state index is -4.22. The van der Waals surface area contributed by atoms with Gasteiger partial charge in [0.1, 0.15) is 4.90 Å². The largest absolute Gasteiger partial charge is 0.504 e. The summed E-state index contributed by atoms with van der Waals surface area (Å²) in [7, 11) is -4.22. The number of alkyl halides is 1. The third-order valence-electron chi connectivity index (χ3n) is 5.90. The molecule has 0 aromatic heterocycles. The first-order chi connectivity index (χ1) is 14.2. The number of anilines is 1. The first-order valence-electron chi connectivity index (χ1n) is 9.86. The van der Waals surface area contributed by atoms with Gasteiger partial charge in [-0.2, -0.15) is 0 Å². The number of urea groups is 1. The third-order valence-corrected chi connectivity index (χ3v) is 9.03. The van der Waals surface area contributed by atoms with Crippen molar-refractivity contribution < 1.29 is 27.4 Å². The maximum atomic E-state index is 13.5. The van der Waals surface area contributed by atoms with Crippen LogP contribution in [0.2, 0.25) is 5.02 Å². The molecule has 1 aliphatic carbocycles. The number of benzene rings is 1. The molecule has 3 rings (SSSR count). The molecule has 10 heteroatoms. The highest BCUT2D eigenvalue weighted by Gasteiger charge is 2.47. The molecule has 2 aliphatic rings. The predicted octanol–water partition coefficient (Wildman–Crippen LogP) is 3.96. The number of sulfone groups is 1. The Bertz CT molecular complexity index is 939. The molecule has 1 heterocycles. The van der Waals surface area contributed by atoms with Crippen LogP contribution in [0.25, 0.3) is 0 Å². The maximum Gasteiger partial charge on any atom is 0.319 e. The second kappa shape index (κ2) is 9.11. The standard InChI is InChI=1S/C20H26ClFN2O5S/c1-13-3-2-4-15(13)23-19(26)24-16-6-5-14(21)18(17(16)25)30(27,28)20(7-10-22)8-11-29-12-9-20/h3,5-6,15,25H,2,4,7-12H2,1H3,(H2,23,24,26). The lowest BCUT2D eigenvalue weighted by atomic mass is 9.96. The van der Waals surface area contributed by atoms with E-state index in [1.54, 1.807) is 0 Å². The molecule has 1 unspecified atom stereocenters. The number of phenols is 1. The molecule has 0 radical (unpaired) electrons. The van der Waals surface area contributed by atoms with E-state index in [0.717, 1.165) is 18.4 Å². The van der Waals surface area contributed by atoms with Crippen molar-refractivity contribution in [2.24, 2.45) is 0 Å². The van der Waals surface area contributed by atoms with Crippen molar-refractivity contribution in [1.29, 1.82) is 0 Å². The van der Waals surface area contributed by atoms with Gasteiger partial charge in [-0.1, -0.05) is 23.3 Å². The van der Waals surface area contributed by atoms with Gasteiger partial charge in [0, 0.05) is 13.2 Å². The zero-order valence-corrected chi connectivity index (χ0v) is 18.3. The summed E-state index contributed by atoms with van der Waals surface area (Å²) in [5.74, 6) is -0.652. The molecular weight excluding hydrogens is 435 g/mol. The summed E-state index contributed by atoms with van der Waals surface area (Å²) in [6, 6.07) is 1.95. The average molecular weight is 461 g/mol. The van der Waals surface area contributed by atoms with Crippen LogP contribution in [0.4, 0.5) is 14.9 Å². The number of allylic oxidation sites excluding steroid dienone is 1. The third kappa shape index (κ3) is 4.29. The Kier molecular flexibility index (Phi) is 6.94. The van der Waals surface area contributed by atoms with E-state index in [-0.39, 0.29) is 49.2 Å². The highest BCUT2D eigenvalue weighted by molar-refractivity contribution is 7.93. The summed E-state index contributed by atoms with van der Waals surface area (Å²) in [6.45, 7) is 1.44. The van der Waals surface area contributed by atoms with Crippen molar-refractivity contribution in [2.75, 3.05) is 25.2 Å². The number of ether oxygens (including phenoxy) is 1. The van der Waals surface area contributed by atoms with E-state index < -0.39 is 37.9 Å². The SMILES string of the molecule is CC1=CCCC1NC(=O)Nc1ccc(Cl)c(S(=O)(=O)C2(CCF)CCOCC2)c1O. The molecule has 3 N–H and O–H groups in total. The number of carbonyl (C=O) groups is 1. The van der Waals surface area contributed by atoms with Gasteiger partial charge in [-0.05, 0) is 51.2 Å². The van der Waals surface area contributed by atoms with Gasteiger partial charge in [0.15, 0.2) is 15.6 Å². The van der Waals surface area contributed by atoms with Crippen LogP contribution in [-0.4, -0.2) is 50.2 Å². The van der Waals surface area contributed by atoms with Crippen molar-refractivity contribution in [3.63, 3.8) is 0 Å². The van der Waals surface area contributed by atoms with Crippen LogP contribution in [0.1, 0.15) is 39.0 Å². The lowest BCUT2D eigenvalue weighted by Gasteiger charge is -2.36. The van der Waals surface area contributed by atoms with Gasteiger partial charge in [-0.25, -0.2) is 13.2 Å². The van der Waals surface area contributed by atoms with E-state index >= 15 is 0 Å².